The maximum atomic E-state index is 12.4. The number of piperazine rings is 1. The monoisotopic (exact) mass is 347 g/mol. The van der Waals surface area contributed by atoms with E-state index < -0.39 is 34.9 Å². The highest BCUT2D eigenvalue weighted by Gasteiger charge is 2.34. The lowest BCUT2D eigenvalue weighted by atomic mass is 10.3. The molecule has 0 spiro atoms. The lowest BCUT2D eigenvalue weighted by molar-refractivity contribution is -0.134. The highest BCUT2D eigenvalue weighted by Crippen LogP contribution is 2.27. The predicted molar refractivity (Wildman–Crippen MR) is 70.5 cm³/mol. The van der Waals surface area contributed by atoms with Gasteiger partial charge in [0.1, 0.15) is 0 Å². The standard InChI is InChI=1S/C10H10BrN3O4S/c11-7-2-1-6(12)3-8(7)19(17,18)14-4-9(15)13-10(16)5-14/h1-3H,4-5,12H2,(H,13,15,16). The Hall–Kier alpha value is -1.45. The van der Waals surface area contributed by atoms with Gasteiger partial charge in [-0.05, 0) is 34.1 Å². The third kappa shape index (κ3) is 2.77. The minimum atomic E-state index is -3.96. The number of anilines is 1. The molecule has 0 radical (unpaired) electrons. The van der Waals surface area contributed by atoms with E-state index in [0.717, 1.165) is 4.31 Å². The number of imide groups is 1. The molecule has 7 nitrogen and oxygen atoms in total. The second-order valence-corrected chi connectivity index (χ2v) is 6.70. The van der Waals surface area contributed by atoms with E-state index in [9.17, 15) is 18.0 Å². The molecule has 1 aliphatic heterocycles. The average molecular weight is 348 g/mol. The molecule has 0 unspecified atom stereocenters. The van der Waals surface area contributed by atoms with Crippen molar-refractivity contribution in [3.05, 3.63) is 22.7 Å². The van der Waals surface area contributed by atoms with Crippen LogP contribution in [0.25, 0.3) is 0 Å². The summed E-state index contributed by atoms with van der Waals surface area (Å²) >= 11 is 3.12. The van der Waals surface area contributed by atoms with E-state index in [-0.39, 0.29) is 10.6 Å². The lowest BCUT2D eigenvalue weighted by Gasteiger charge is -2.25. The Kier molecular flexibility index (Phi) is 3.61. The van der Waals surface area contributed by atoms with Crippen LogP contribution in [0.4, 0.5) is 5.69 Å². The van der Waals surface area contributed by atoms with Gasteiger partial charge in [-0.2, -0.15) is 4.31 Å². The van der Waals surface area contributed by atoms with Crippen LogP contribution < -0.4 is 11.1 Å². The van der Waals surface area contributed by atoms with E-state index in [2.05, 4.69) is 15.9 Å². The Balaban J connectivity index is 2.44. The molecule has 1 heterocycles. The van der Waals surface area contributed by atoms with Crippen LogP contribution in [0.15, 0.2) is 27.6 Å². The second kappa shape index (κ2) is 4.91. The van der Waals surface area contributed by atoms with Crippen molar-refractivity contribution >= 4 is 43.5 Å². The van der Waals surface area contributed by atoms with Gasteiger partial charge >= 0.3 is 0 Å². The SMILES string of the molecule is Nc1ccc(Br)c(S(=O)(=O)N2CC(=O)NC(=O)C2)c1. The highest BCUT2D eigenvalue weighted by atomic mass is 79.9. The van der Waals surface area contributed by atoms with Crippen LogP contribution in [0.2, 0.25) is 0 Å². The Bertz CT molecular complexity index is 643. The van der Waals surface area contributed by atoms with Crippen molar-refractivity contribution in [2.75, 3.05) is 18.8 Å². The first-order valence-electron chi connectivity index (χ1n) is 5.18. The minimum absolute atomic E-state index is 0.0741. The Morgan fingerprint density at radius 3 is 2.37 bits per heavy atom. The number of hydrogen-bond acceptors (Lipinski definition) is 5. The number of nitrogens with one attached hydrogen (secondary N) is 1. The van der Waals surface area contributed by atoms with E-state index in [1.54, 1.807) is 0 Å². The predicted octanol–water partition coefficient (Wildman–Crippen LogP) is -0.322. The van der Waals surface area contributed by atoms with E-state index in [4.69, 9.17) is 5.73 Å². The molecular formula is C10H10BrN3O4S. The van der Waals surface area contributed by atoms with Crippen molar-refractivity contribution in [3.8, 4) is 0 Å². The van der Waals surface area contributed by atoms with Crippen LogP contribution in [0.3, 0.4) is 0 Å². The topological polar surface area (TPSA) is 110 Å². The van der Waals surface area contributed by atoms with Gasteiger partial charge in [0, 0.05) is 10.2 Å². The number of nitrogens with zero attached hydrogens (tertiary/aromatic N) is 1. The molecule has 0 aliphatic carbocycles. The molecule has 1 aliphatic rings. The third-order valence-electron chi connectivity index (χ3n) is 2.49. The Morgan fingerprint density at radius 1 is 1.21 bits per heavy atom. The van der Waals surface area contributed by atoms with Crippen molar-refractivity contribution in [1.82, 2.24) is 9.62 Å². The zero-order chi connectivity index (χ0) is 14.2. The first kappa shape index (κ1) is 14.0. The maximum absolute atomic E-state index is 12.4. The smallest absolute Gasteiger partial charge is 0.245 e. The summed E-state index contributed by atoms with van der Waals surface area (Å²) in [7, 11) is -3.96. The summed E-state index contributed by atoms with van der Waals surface area (Å²) in [6, 6.07) is 4.31. The van der Waals surface area contributed by atoms with E-state index >= 15 is 0 Å². The lowest BCUT2D eigenvalue weighted by Crippen LogP contribution is -2.53. The average Bonchev–Trinajstić information content (AvgIpc) is 2.31. The third-order valence-corrected chi connectivity index (χ3v) is 5.28. The normalized spacial score (nSPS) is 17.3. The molecule has 102 valence electrons. The maximum Gasteiger partial charge on any atom is 0.245 e. The summed E-state index contributed by atoms with van der Waals surface area (Å²) in [5.41, 5.74) is 5.83. The quantitative estimate of drug-likeness (QED) is 0.562. The zero-order valence-electron chi connectivity index (χ0n) is 9.59. The fraction of sp³-hybridized carbons (Fsp3) is 0.200. The van der Waals surface area contributed by atoms with Crippen molar-refractivity contribution in [2.24, 2.45) is 0 Å². The molecule has 1 aromatic carbocycles. The number of carbonyl (C=O) groups excluding carboxylic acids is 2. The Labute approximate surface area is 117 Å². The second-order valence-electron chi connectivity index (χ2n) is 3.93. The molecule has 2 amide bonds. The molecule has 1 aromatic rings. The number of carbonyl (C=O) groups is 2. The molecule has 0 saturated carbocycles. The number of benzene rings is 1. The van der Waals surface area contributed by atoms with Gasteiger partial charge in [-0.25, -0.2) is 8.42 Å². The molecule has 19 heavy (non-hydrogen) atoms. The summed E-state index contributed by atoms with van der Waals surface area (Å²) in [5, 5.41) is 2.04. The fourth-order valence-corrected chi connectivity index (χ4v) is 3.95. The van der Waals surface area contributed by atoms with Crippen LogP contribution in [0.1, 0.15) is 0 Å². The largest absolute Gasteiger partial charge is 0.399 e. The molecule has 1 saturated heterocycles. The molecule has 0 aromatic heterocycles. The van der Waals surface area contributed by atoms with Crippen molar-refractivity contribution in [3.63, 3.8) is 0 Å². The molecule has 1 fully saturated rings. The van der Waals surface area contributed by atoms with Crippen molar-refractivity contribution in [1.29, 1.82) is 0 Å². The van der Waals surface area contributed by atoms with Gasteiger partial charge in [0.05, 0.1) is 18.0 Å². The highest BCUT2D eigenvalue weighted by molar-refractivity contribution is 9.10. The van der Waals surface area contributed by atoms with E-state index in [1.807, 2.05) is 5.32 Å². The zero-order valence-corrected chi connectivity index (χ0v) is 12.0. The van der Waals surface area contributed by atoms with Gasteiger partial charge in [0.15, 0.2) is 0 Å². The first-order valence-corrected chi connectivity index (χ1v) is 7.42. The Morgan fingerprint density at radius 2 is 1.79 bits per heavy atom. The molecule has 2 rings (SSSR count). The van der Waals surface area contributed by atoms with Gasteiger partial charge in [-0.1, -0.05) is 0 Å². The summed E-state index contributed by atoms with van der Waals surface area (Å²) < 4.78 is 25.9. The van der Waals surface area contributed by atoms with Crippen LogP contribution in [0.5, 0.6) is 0 Å². The summed E-state index contributed by atoms with van der Waals surface area (Å²) in [4.78, 5) is 22.4. The van der Waals surface area contributed by atoms with Crippen molar-refractivity contribution in [2.45, 2.75) is 4.90 Å². The summed E-state index contributed by atoms with van der Waals surface area (Å²) in [5.74, 6) is -1.31. The van der Waals surface area contributed by atoms with Gasteiger partial charge in [0.25, 0.3) is 0 Å². The minimum Gasteiger partial charge on any atom is -0.399 e. The van der Waals surface area contributed by atoms with Gasteiger partial charge in [0.2, 0.25) is 21.8 Å². The van der Waals surface area contributed by atoms with E-state index in [1.165, 1.54) is 18.2 Å². The molecule has 9 heteroatoms. The van der Waals surface area contributed by atoms with Gasteiger partial charge in [-0.15, -0.1) is 0 Å². The number of nitrogen functional groups attached to an aromatic ring is 1. The molecule has 0 atom stereocenters. The summed E-state index contributed by atoms with van der Waals surface area (Å²) in [6.45, 7) is -0.787. The molecular weight excluding hydrogens is 338 g/mol. The number of amides is 2. The number of nitrogens with two attached hydrogens (primary N) is 1. The summed E-state index contributed by atoms with van der Waals surface area (Å²) in [6.07, 6.45) is 0. The van der Waals surface area contributed by atoms with Crippen LogP contribution in [-0.2, 0) is 19.6 Å². The number of rotatable bonds is 2. The van der Waals surface area contributed by atoms with Gasteiger partial charge in [-0.3, -0.25) is 14.9 Å². The van der Waals surface area contributed by atoms with Gasteiger partial charge < -0.3 is 5.73 Å². The number of sulfonamides is 1. The fourth-order valence-electron chi connectivity index (χ4n) is 1.64. The van der Waals surface area contributed by atoms with Crippen LogP contribution in [0, 0.1) is 0 Å². The molecule has 0 bridgehead atoms. The first-order chi connectivity index (χ1) is 8.80. The van der Waals surface area contributed by atoms with Crippen LogP contribution in [-0.4, -0.2) is 37.6 Å². The van der Waals surface area contributed by atoms with Crippen LogP contribution >= 0.6 is 15.9 Å². The van der Waals surface area contributed by atoms with Crippen molar-refractivity contribution < 1.29 is 18.0 Å². The molecule has 3 N–H and O–H groups in total. The number of halogens is 1. The van der Waals surface area contributed by atoms with E-state index in [0.29, 0.717) is 4.47 Å². The number of hydrogen-bond donors (Lipinski definition) is 2.